The number of nitrogens with zero attached hydrogens (tertiary/aromatic N) is 1. The van der Waals surface area contributed by atoms with Gasteiger partial charge in [0.15, 0.2) is 0 Å². The number of hydrogen-bond donors (Lipinski definition) is 2. The zero-order valence-electron chi connectivity index (χ0n) is 12.8. The number of piperidine rings is 1. The molecule has 0 aliphatic carbocycles. The number of hydrogen-bond acceptors (Lipinski definition) is 3. The fraction of sp³-hybridized carbons (Fsp3) is 0.647. The third-order valence-electron chi connectivity index (χ3n) is 4.36. The summed E-state index contributed by atoms with van der Waals surface area (Å²) in [6.07, 6.45) is 1.24. The van der Waals surface area contributed by atoms with Gasteiger partial charge in [0.1, 0.15) is 0 Å². The Morgan fingerprint density at radius 1 is 1.25 bits per heavy atom. The number of aliphatic hydroxyl groups excluding tert-OH is 1. The molecule has 0 radical (unpaired) electrons. The van der Waals surface area contributed by atoms with Gasteiger partial charge in [-0.1, -0.05) is 44.2 Å². The van der Waals surface area contributed by atoms with Crippen molar-refractivity contribution >= 4 is 0 Å². The molecular weight excluding hydrogens is 248 g/mol. The van der Waals surface area contributed by atoms with Crippen LogP contribution in [-0.4, -0.2) is 42.3 Å². The van der Waals surface area contributed by atoms with E-state index in [-0.39, 0.29) is 6.61 Å². The van der Waals surface area contributed by atoms with Crippen LogP contribution < -0.4 is 5.32 Å². The standard InChI is InChI=1S/C17H28N2O/c1-14(2)16-10-17(13-19(12-16)8-9-20)18-11-15-6-4-3-5-7-15/h3-7,14,16-18,20H,8-13H2,1-2H3. The van der Waals surface area contributed by atoms with Crippen LogP contribution >= 0.6 is 0 Å². The van der Waals surface area contributed by atoms with E-state index in [9.17, 15) is 5.11 Å². The Hall–Kier alpha value is -0.900. The maximum absolute atomic E-state index is 9.18. The fourth-order valence-corrected chi connectivity index (χ4v) is 3.05. The van der Waals surface area contributed by atoms with Gasteiger partial charge in [-0.05, 0) is 23.8 Å². The van der Waals surface area contributed by atoms with Gasteiger partial charge in [0.25, 0.3) is 0 Å². The van der Waals surface area contributed by atoms with Crippen LogP contribution in [0.2, 0.25) is 0 Å². The van der Waals surface area contributed by atoms with Crippen LogP contribution in [0, 0.1) is 11.8 Å². The summed E-state index contributed by atoms with van der Waals surface area (Å²) in [4.78, 5) is 2.40. The highest BCUT2D eigenvalue weighted by Gasteiger charge is 2.28. The zero-order chi connectivity index (χ0) is 14.4. The number of nitrogens with one attached hydrogen (secondary N) is 1. The van der Waals surface area contributed by atoms with Crippen LogP contribution in [0.15, 0.2) is 30.3 Å². The minimum absolute atomic E-state index is 0.260. The molecule has 0 saturated carbocycles. The second kappa shape index (κ2) is 7.77. The minimum atomic E-state index is 0.260. The maximum atomic E-state index is 9.18. The Morgan fingerprint density at radius 3 is 2.65 bits per heavy atom. The van der Waals surface area contributed by atoms with Gasteiger partial charge in [-0.15, -0.1) is 0 Å². The number of benzene rings is 1. The lowest BCUT2D eigenvalue weighted by Gasteiger charge is -2.39. The summed E-state index contributed by atoms with van der Waals surface area (Å²) in [6, 6.07) is 11.1. The minimum Gasteiger partial charge on any atom is -0.395 e. The van der Waals surface area contributed by atoms with Crippen molar-refractivity contribution in [1.82, 2.24) is 10.2 Å². The Bertz CT molecular complexity index is 380. The molecule has 1 fully saturated rings. The second-order valence-corrected chi connectivity index (χ2v) is 6.29. The molecular formula is C17H28N2O. The molecule has 0 amide bonds. The smallest absolute Gasteiger partial charge is 0.0558 e. The zero-order valence-corrected chi connectivity index (χ0v) is 12.8. The van der Waals surface area contributed by atoms with Gasteiger partial charge in [0.05, 0.1) is 6.61 Å². The first-order valence-corrected chi connectivity index (χ1v) is 7.79. The molecule has 3 heteroatoms. The van der Waals surface area contributed by atoms with Gasteiger partial charge < -0.3 is 10.4 Å². The molecule has 112 valence electrons. The second-order valence-electron chi connectivity index (χ2n) is 6.29. The third kappa shape index (κ3) is 4.58. The van der Waals surface area contributed by atoms with E-state index in [0.29, 0.717) is 12.0 Å². The Kier molecular flexibility index (Phi) is 6.02. The molecule has 1 saturated heterocycles. The molecule has 0 aromatic heterocycles. The van der Waals surface area contributed by atoms with E-state index in [1.807, 2.05) is 0 Å². The first kappa shape index (κ1) is 15.5. The van der Waals surface area contributed by atoms with Crippen molar-refractivity contribution in [3.8, 4) is 0 Å². The van der Waals surface area contributed by atoms with Gasteiger partial charge in [-0.2, -0.15) is 0 Å². The van der Waals surface area contributed by atoms with Crippen LogP contribution in [0.1, 0.15) is 25.8 Å². The van der Waals surface area contributed by atoms with Crippen LogP contribution in [0.25, 0.3) is 0 Å². The highest BCUT2D eigenvalue weighted by Crippen LogP contribution is 2.23. The normalized spacial score (nSPS) is 24.2. The topological polar surface area (TPSA) is 35.5 Å². The fourth-order valence-electron chi connectivity index (χ4n) is 3.05. The Morgan fingerprint density at radius 2 is 2.00 bits per heavy atom. The van der Waals surface area contributed by atoms with E-state index in [4.69, 9.17) is 0 Å². The highest BCUT2D eigenvalue weighted by molar-refractivity contribution is 5.14. The van der Waals surface area contributed by atoms with Gasteiger partial charge in [0, 0.05) is 32.2 Å². The average Bonchev–Trinajstić information content (AvgIpc) is 2.46. The van der Waals surface area contributed by atoms with Gasteiger partial charge in [0.2, 0.25) is 0 Å². The summed E-state index contributed by atoms with van der Waals surface area (Å²) in [5.41, 5.74) is 1.34. The van der Waals surface area contributed by atoms with Crippen molar-refractivity contribution in [3.05, 3.63) is 35.9 Å². The number of aliphatic hydroxyl groups is 1. The molecule has 2 atom stereocenters. The molecule has 2 N–H and O–H groups in total. The Balaban J connectivity index is 1.88. The summed E-state index contributed by atoms with van der Waals surface area (Å²) in [5, 5.41) is 12.9. The summed E-state index contributed by atoms with van der Waals surface area (Å²) in [6.45, 7) is 8.79. The predicted octanol–water partition coefficient (Wildman–Crippen LogP) is 2.12. The lowest BCUT2D eigenvalue weighted by molar-refractivity contribution is 0.0962. The predicted molar refractivity (Wildman–Crippen MR) is 83.5 cm³/mol. The molecule has 3 nitrogen and oxygen atoms in total. The van der Waals surface area contributed by atoms with Crippen molar-refractivity contribution in [1.29, 1.82) is 0 Å². The number of likely N-dealkylation sites (tertiary alicyclic amines) is 1. The molecule has 0 spiro atoms. The molecule has 1 aromatic carbocycles. The van der Waals surface area contributed by atoms with Crippen molar-refractivity contribution in [3.63, 3.8) is 0 Å². The van der Waals surface area contributed by atoms with Crippen molar-refractivity contribution in [2.24, 2.45) is 11.8 Å². The average molecular weight is 276 g/mol. The van der Waals surface area contributed by atoms with Crippen LogP contribution in [0.4, 0.5) is 0 Å². The number of rotatable bonds is 6. The molecule has 1 aliphatic heterocycles. The SMILES string of the molecule is CC(C)C1CC(NCc2ccccc2)CN(CCO)C1. The lowest BCUT2D eigenvalue weighted by Crippen LogP contribution is -2.50. The third-order valence-corrected chi connectivity index (χ3v) is 4.36. The molecule has 20 heavy (non-hydrogen) atoms. The lowest BCUT2D eigenvalue weighted by atomic mass is 9.85. The molecule has 1 heterocycles. The van der Waals surface area contributed by atoms with E-state index >= 15 is 0 Å². The van der Waals surface area contributed by atoms with E-state index in [0.717, 1.165) is 32.1 Å². The molecule has 2 rings (SSSR count). The molecule has 2 unspecified atom stereocenters. The molecule has 1 aromatic rings. The molecule has 0 bridgehead atoms. The highest BCUT2D eigenvalue weighted by atomic mass is 16.3. The van der Waals surface area contributed by atoms with E-state index in [1.54, 1.807) is 0 Å². The van der Waals surface area contributed by atoms with Crippen LogP contribution in [0.3, 0.4) is 0 Å². The van der Waals surface area contributed by atoms with E-state index in [1.165, 1.54) is 12.0 Å². The summed E-state index contributed by atoms with van der Waals surface area (Å²) < 4.78 is 0. The van der Waals surface area contributed by atoms with Crippen molar-refractivity contribution in [2.45, 2.75) is 32.9 Å². The van der Waals surface area contributed by atoms with Gasteiger partial charge in [-0.25, -0.2) is 0 Å². The van der Waals surface area contributed by atoms with E-state index < -0.39 is 0 Å². The van der Waals surface area contributed by atoms with Crippen molar-refractivity contribution < 1.29 is 5.11 Å². The summed E-state index contributed by atoms with van der Waals surface area (Å²) in [7, 11) is 0. The summed E-state index contributed by atoms with van der Waals surface area (Å²) >= 11 is 0. The first-order valence-electron chi connectivity index (χ1n) is 7.79. The largest absolute Gasteiger partial charge is 0.395 e. The Labute approximate surface area is 123 Å². The van der Waals surface area contributed by atoms with Crippen LogP contribution in [-0.2, 0) is 6.54 Å². The summed E-state index contributed by atoms with van der Waals surface area (Å²) in [5.74, 6) is 1.43. The molecule has 1 aliphatic rings. The first-order chi connectivity index (χ1) is 9.69. The number of β-amino-alcohol motifs (C(OH)–C–C–N with tert-alkyl or cyclic N) is 1. The van der Waals surface area contributed by atoms with Gasteiger partial charge in [-0.3, -0.25) is 4.90 Å². The monoisotopic (exact) mass is 276 g/mol. The maximum Gasteiger partial charge on any atom is 0.0558 e. The van der Waals surface area contributed by atoms with Crippen molar-refractivity contribution in [2.75, 3.05) is 26.2 Å². The van der Waals surface area contributed by atoms with Crippen LogP contribution in [0.5, 0.6) is 0 Å². The van der Waals surface area contributed by atoms with Gasteiger partial charge >= 0.3 is 0 Å². The quantitative estimate of drug-likeness (QED) is 0.835. The van der Waals surface area contributed by atoms with E-state index in [2.05, 4.69) is 54.4 Å².